The molecule has 0 aliphatic rings. The third kappa shape index (κ3) is 6.04. The van der Waals surface area contributed by atoms with Gasteiger partial charge in [0.05, 0.1) is 5.69 Å². The Balaban J connectivity index is 1.84. The van der Waals surface area contributed by atoms with Crippen LogP contribution in [0.25, 0.3) is 0 Å². The van der Waals surface area contributed by atoms with Gasteiger partial charge in [-0.15, -0.1) is 0 Å². The molecular weight excluding hydrogens is 372 g/mol. The van der Waals surface area contributed by atoms with Gasteiger partial charge in [-0.3, -0.25) is 4.79 Å². The van der Waals surface area contributed by atoms with Crippen molar-refractivity contribution in [3.63, 3.8) is 0 Å². The number of anilines is 2. The van der Waals surface area contributed by atoms with Crippen LogP contribution in [0.15, 0.2) is 48.5 Å². The Morgan fingerprint density at radius 3 is 2.29 bits per heavy atom. The van der Waals surface area contributed by atoms with Crippen LogP contribution < -0.4 is 16.0 Å². The zero-order chi connectivity index (χ0) is 20.7. The molecule has 2 atom stereocenters. The molecule has 0 spiro atoms. The fraction of sp³-hybridized carbons (Fsp3) is 0.211. The van der Waals surface area contributed by atoms with E-state index in [-0.39, 0.29) is 5.69 Å². The summed E-state index contributed by atoms with van der Waals surface area (Å²) in [6.07, 6.45) is -1.27. The number of carbonyl (C=O) groups is 3. The van der Waals surface area contributed by atoms with E-state index in [0.717, 1.165) is 12.1 Å². The van der Waals surface area contributed by atoms with Gasteiger partial charge >= 0.3 is 12.0 Å². The molecule has 0 bridgehead atoms. The zero-order valence-electron chi connectivity index (χ0n) is 15.2. The van der Waals surface area contributed by atoms with E-state index in [9.17, 15) is 23.2 Å². The zero-order valence-corrected chi connectivity index (χ0v) is 15.2. The Kier molecular flexibility index (Phi) is 7.02. The molecule has 7 nitrogen and oxygen atoms in total. The van der Waals surface area contributed by atoms with Crippen LogP contribution >= 0.6 is 0 Å². The number of para-hydroxylation sites is 1. The Morgan fingerprint density at radius 2 is 1.64 bits per heavy atom. The number of hydrogen-bond acceptors (Lipinski definition) is 4. The summed E-state index contributed by atoms with van der Waals surface area (Å²) in [5.41, 5.74) is 0.289. The fourth-order valence-electron chi connectivity index (χ4n) is 2.10. The second kappa shape index (κ2) is 9.45. The van der Waals surface area contributed by atoms with Crippen molar-refractivity contribution in [2.75, 3.05) is 10.6 Å². The number of halogens is 2. The average molecular weight is 391 g/mol. The molecule has 148 valence electrons. The van der Waals surface area contributed by atoms with E-state index in [1.165, 1.54) is 13.8 Å². The number of nitrogens with one attached hydrogen (secondary N) is 3. The lowest BCUT2D eigenvalue weighted by molar-refractivity contribution is -0.154. The lowest BCUT2D eigenvalue weighted by Gasteiger charge is -2.18. The number of hydrogen-bond donors (Lipinski definition) is 3. The molecule has 0 saturated carbocycles. The van der Waals surface area contributed by atoms with Crippen molar-refractivity contribution in [3.8, 4) is 0 Å². The van der Waals surface area contributed by atoms with Gasteiger partial charge in [0.1, 0.15) is 17.7 Å². The molecule has 0 saturated heterocycles. The largest absolute Gasteiger partial charge is 0.451 e. The van der Waals surface area contributed by atoms with Crippen LogP contribution in [-0.4, -0.2) is 30.1 Å². The number of rotatable bonds is 6. The fourth-order valence-corrected chi connectivity index (χ4v) is 2.10. The van der Waals surface area contributed by atoms with Crippen LogP contribution in [0, 0.1) is 11.6 Å². The van der Waals surface area contributed by atoms with Gasteiger partial charge in [0.25, 0.3) is 5.91 Å². The molecule has 2 aromatic carbocycles. The van der Waals surface area contributed by atoms with Crippen LogP contribution in [0.2, 0.25) is 0 Å². The maximum Gasteiger partial charge on any atom is 0.329 e. The van der Waals surface area contributed by atoms with Crippen LogP contribution in [0.4, 0.5) is 25.0 Å². The quantitative estimate of drug-likeness (QED) is 0.660. The number of esters is 1. The third-order valence-corrected chi connectivity index (χ3v) is 3.58. The topological polar surface area (TPSA) is 96.5 Å². The molecule has 0 heterocycles. The number of carbonyl (C=O) groups excluding carboxylic acids is 3. The molecule has 0 aromatic heterocycles. The highest BCUT2D eigenvalue weighted by atomic mass is 19.1. The van der Waals surface area contributed by atoms with Gasteiger partial charge in [-0.05, 0) is 38.1 Å². The Bertz CT molecular complexity index is 862. The number of benzene rings is 2. The molecule has 0 unspecified atom stereocenters. The monoisotopic (exact) mass is 391 g/mol. The van der Waals surface area contributed by atoms with Crippen molar-refractivity contribution in [3.05, 3.63) is 60.2 Å². The summed E-state index contributed by atoms with van der Waals surface area (Å²) in [7, 11) is 0. The van der Waals surface area contributed by atoms with Crippen molar-refractivity contribution in [1.29, 1.82) is 0 Å². The van der Waals surface area contributed by atoms with Gasteiger partial charge < -0.3 is 20.7 Å². The van der Waals surface area contributed by atoms with E-state index >= 15 is 0 Å². The van der Waals surface area contributed by atoms with E-state index in [4.69, 9.17) is 4.74 Å². The summed E-state index contributed by atoms with van der Waals surface area (Å²) >= 11 is 0. The predicted molar refractivity (Wildman–Crippen MR) is 98.6 cm³/mol. The van der Waals surface area contributed by atoms with Gasteiger partial charge in [-0.1, -0.05) is 18.2 Å². The third-order valence-electron chi connectivity index (χ3n) is 3.58. The summed E-state index contributed by atoms with van der Waals surface area (Å²) in [5.74, 6) is -3.41. The van der Waals surface area contributed by atoms with Crippen molar-refractivity contribution >= 4 is 29.3 Å². The highest BCUT2D eigenvalue weighted by molar-refractivity contribution is 5.96. The molecule has 3 amide bonds. The highest BCUT2D eigenvalue weighted by Crippen LogP contribution is 2.15. The van der Waals surface area contributed by atoms with Crippen LogP contribution in [0.1, 0.15) is 13.8 Å². The second-order valence-corrected chi connectivity index (χ2v) is 5.88. The summed E-state index contributed by atoms with van der Waals surface area (Å²) < 4.78 is 31.4. The van der Waals surface area contributed by atoms with Crippen LogP contribution in [0.3, 0.4) is 0 Å². The van der Waals surface area contributed by atoms with Crippen molar-refractivity contribution in [2.45, 2.75) is 26.0 Å². The predicted octanol–water partition coefficient (Wildman–Crippen LogP) is 3.05. The summed E-state index contributed by atoms with van der Waals surface area (Å²) in [6, 6.07) is 9.57. The first-order valence-corrected chi connectivity index (χ1v) is 8.35. The van der Waals surface area contributed by atoms with Crippen molar-refractivity contribution < 1.29 is 27.9 Å². The molecule has 0 aliphatic heterocycles. The minimum absolute atomic E-state index is 0.247. The number of urea groups is 1. The smallest absolute Gasteiger partial charge is 0.329 e. The van der Waals surface area contributed by atoms with Crippen molar-refractivity contribution in [2.24, 2.45) is 0 Å². The average Bonchev–Trinajstić information content (AvgIpc) is 2.64. The summed E-state index contributed by atoms with van der Waals surface area (Å²) in [6.45, 7) is 2.67. The molecule has 2 aromatic rings. The first-order valence-electron chi connectivity index (χ1n) is 8.35. The Morgan fingerprint density at radius 1 is 0.964 bits per heavy atom. The maximum absolute atomic E-state index is 13.6. The van der Waals surface area contributed by atoms with E-state index < -0.39 is 41.7 Å². The van der Waals surface area contributed by atoms with E-state index in [0.29, 0.717) is 11.8 Å². The summed E-state index contributed by atoms with van der Waals surface area (Å²) in [4.78, 5) is 35.9. The highest BCUT2D eigenvalue weighted by Gasteiger charge is 2.24. The lowest BCUT2D eigenvalue weighted by atomic mass is 10.2. The van der Waals surface area contributed by atoms with E-state index in [2.05, 4.69) is 16.0 Å². The second-order valence-electron chi connectivity index (χ2n) is 5.88. The molecular formula is C19H19F2N3O4. The summed E-state index contributed by atoms with van der Waals surface area (Å²) in [5, 5.41) is 7.11. The van der Waals surface area contributed by atoms with Crippen LogP contribution in [0.5, 0.6) is 0 Å². The van der Waals surface area contributed by atoms with E-state index in [1.807, 2.05) is 0 Å². The Labute approximate surface area is 160 Å². The van der Waals surface area contributed by atoms with Crippen LogP contribution in [-0.2, 0) is 14.3 Å². The van der Waals surface area contributed by atoms with Gasteiger partial charge in [-0.2, -0.15) is 0 Å². The van der Waals surface area contributed by atoms with Gasteiger partial charge in [0.2, 0.25) is 0 Å². The molecule has 0 fully saturated rings. The normalized spacial score (nSPS) is 12.4. The molecule has 9 heteroatoms. The van der Waals surface area contributed by atoms with Gasteiger partial charge in [0.15, 0.2) is 6.10 Å². The standard InChI is InChI=1S/C19H19F2N3O4/c1-11(22-19(27)23-14-6-4-3-5-7-14)18(26)28-12(2)17(25)24-16-9-8-13(20)10-15(16)21/h3-12H,1-2H3,(H,24,25)(H2,22,23,27)/t11-,12-/m0/s1. The first kappa shape index (κ1) is 20.8. The minimum atomic E-state index is -1.27. The number of amides is 3. The first-order chi connectivity index (χ1) is 13.3. The SMILES string of the molecule is C[C@H](NC(=O)Nc1ccccc1)C(=O)O[C@@H](C)C(=O)Nc1ccc(F)cc1F. The molecule has 28 heavy (non-hydrogen) atoms. The molecule has 2 rings (SSSR count). The molecule has 0 aliphatic carbocycles. The molecule has 3 N–H and O–H groups in total. The maximum atomic E-state index is 13.6. The van der Waals surface area contributed by atoms with E-state index in [1.54, 1.807) is 30.3 Å². The lowest BCUT2D eigenvalue weighted by Crippen LogP contribution is -2.44. The molecule has 0 radical (unpaired) electrons. The van der Waals surface area contributed by atoms with Gasteiger partial charge in [0, 0.05) is 11.8 Å². The van der Waals surface area contributed by atoms with Gasteiger partial charge in [-0.25, -0.2) is 18.4 Å². The number of ether oxygens (including phenoxy) is 1. The Hall–Kier alpha value is -3.49. The minimum Gasteiger partial charge on any atom is -0.451 e. The van der Waals surface area contributed by atoms with Crippen molar-refractivity contribution in [1.82, 2.24) is 5.32 Å².